The molecule has 1 N–H and O–H groups in total. The molecule has 2 aliphatic rings. The molecule has 98 valence electrons. The summed E-state index contributed by atoms with van der Waals surface area (Å²) in [6.45, 7) is 7.59. The van der Waals surface area contributed by atoms with Gasteiger partial charge in [0.25, 0.3) is 0 Å². The van der Waals surface area contributed by atoms with E-state index < -0.39 is 0 Å². The van der Waals surface area contributed by atoms with Crippen LogP contribution in [0.25, 0.3) is 0 Å². The molecule has 1 aliphatic heterocycles. The van der Waals surface area contributed by atoms with Gasteiger partial charge in [-0.05, 0) is 25.3 Å². The van der Waals surface area contributed by atoms with Crippen molar-refractivity contribution >= 4 is 5.91 Å². The highest BCUT2D eigenvalue weighted by Gasteiger charge is 2.31. The third kappa shape index (κ3) is 3.42. The van der Waals surface area contributed by atoms with E-state index in [-0.39, 0.29) is 5.91 Å². The molecule has 0 aromatic carbocycles. The zero-order valence-electron chi connectivity index (χ0n) is 11.2. The van der Waals surface area contributed by atoms with Crippen molar-refractivity contribution in [2.24, 2.45) is 5.41 Å². The highest BCUT2D eigenvalue weighted by molar-refractivity contribution is 5.78. The highest BCUT2D eigenvalue weighted by atomic mass is 16.2. The second-order valence-electron chi connectivity index (χ2n) is 5.95. The van der Waals surface area contributed by atoms with Crippen molar-refractivity contribution in [1.29, 1.82) is 0 Å². The van der Waals surface area contributed by atoms with Gasteiger partial charge < -0.3 is 15.1 Å². The molecule has 1 aliphatic carbocycles. The van der Waals surface area contributed by atoms with Crippen LogP contribution >= 0.6 is 0 Å². The average Bonchev–Trinajstić information content (AvgIpc) is 2.27. The molecule has 0 bridgehead atoms. The Morgan fingerprint density at radius 3 is 2.41 bits per heavy atom. The predicted molar refractivity (Wildman–Crippen MR) is 68.9 cm³/mol. The first kappa shape index (κ1) is 12.8. The van der Waals surface area contributed by atoms with Crippen molar-refractivity contribution in [3.63, 3.8) is 0 Å². The minimum atomic E-state index is 0.265. The van der Waals surface area contributed by atoms with Gasteiger partial charge in [0.1, 0.15) is 0 Å². The maximum Gasteiger partial charge on any atom is 0.236 e. The van der Waals surface area contributed by atoms with Crippen LogP contribution < -0.4 is 5.32 Å². The molecule has 4 heteroatoms. The van der Waals surface area contributed by atoms with E-state index in [0.717, 1.165) is 32.7 Å². The monoisotopic (exact) mass is 239 g/mol. The lowest BCUT2D eigenvalue weighted by atomic mass is 9.70. The number of rotatable bonds is 4. The number of amides is 1. The molecule has 2 rings (SSSR count). The van der Waals surface area contributed by atoms with Crippen LogP contribution in [0.5, 0.6) is 0 Å². The first-order chi connectivity index (χ1) is 8.09. The number of nitrogens with one attached hydrogen (secondary N) is 1. The molecule has 1 saturated heterocycles. The van der Waals surface area contributed by atoms with Gasteiger partial charge in [-0.3, -0.25) is 4.79 Å². The van der Waals surface area contributed by atoms with Gasteiger partial charge in [0.15, 0.2) is 0 Å². The van der Waals surface area contributed by atoms with Crippen molar-refractivity contribution in [3.05, 3.63) is 0 Å². The SMILES string of the molecule is CN1CCN(C(=O)CNCC2(C)CCC2)CC1. The standard InChI is InChI=1S/C13H25N3O/c1-13(4-3-5-13)11-14-10-12(17)16-8-6-15(2)7-9-16/h14H,3-11H2,1-2H3. The molecule has 0 spiro atoms. The topological polar surface area (TPSA) is 35.6 Å². The molecule has 2 fully saturated rings. The summed E-state index contributed by atoms with van der Waals surface area (Å²) < 4.78 is 0. The zero-order valence-corrected chi connectivity index (χ0v) is 11.2. The van der Waals surface area contributed by atoms with E-state index in [1.165, 1.54) is 19.3 Å². The van der Waals surface area contributed by atoms with E-state index in [1.54, 1.807) is 0 Å². The molecule has 0 aromatic rings. The van der Waals surface area contributed by atoms with Crippen LogP contribution in [0.1, 0.15) is 26.2 Å². The molecule has 1 saturated carbocycles. The van der Waals surface area contributed by atoms with Gasteiger partial charge in [0.05, 0.1) is 6.54 Å². The number of nitrogens with zero attached hydrogens (tertiary/aromatic N) is 2. The fraction of sp³-hybridized carbons (Fsp3) is 0.923. The molecule has 0 radical (unpaired) electrons. The van der Waals surface area contributed by atoms with Crippen molar-refractivity contribution in [3.8, 4) is 0 Å². The Balaban J connectivity index is 1.63. The summed E-state index contributed by atoms with van der Waals surface area (Å²) >= 11 is 0. The minimum Gasteiger partial charge on any atom is -0.339 e. The Morgan fingerprint density at radius 1 is 1.24 bits per heavy atom. The van der Waals surface area contributed by atoms with Crippen LogP contribution in [0.3, 0.4) is 0 Å². The lowest BCUT2D eigenvalue weighted by molar-refractivity contribution is -0.131. The molecule has 17 heavy (non-hydrogen) atoms. The largest absolute Gasteiger partial charge is 0.339 e. The zero-order chi connectivity index (χ0) is 12.3. The van der Waals surface area contributed by atoms with Crippen LogP contribution in [-0.2, 0) is 4.79 Å². The first-order valence-electron chi connectivity index (χ1n) is 6.76. The Kier molecular flexibility index (Phi) is 4.05. The maximum absolute atomic E-state index is 11.9. The number of carbonyl (C=O) groups is 1. The lowest BCUT2D eigenvalue weighted by Gasteiger charge is -2.39. The molecular formula is C13H25N3O. The molecular weight excluding hydrogens is 214 g/mol. The van der Waals surface area contributed by atoms with Gasteiger partial charge in [0.2, 0.25) is 5.91 Å². The van der Waals surface area contributed by atoms with Gasteiger partial charge >= 0.3 is 0 Å². The summed E-state index contributed by atoms with van der Waals surface area (Å²) in [7, 11) is 2.11. The van der Waals surface area contributed by atoms with E-state index in [2.05, 4.69) is 24.2 Å². The van der Waals surface area contributed by atoms with E-state index in [4.69, 9.17) is 0 Å². The average molecular weight is 239 g/mol. The molecule has 4 nitrogen and oxygen atoms in total. The Bertz CT molecular complexity index is 268. The number of hydrogen-bond acceptors (Lipinski definition) is 3. The Labute approximate surface area is 104 Å². The summed E-state index contributed by atoms with van der Waals surface area (Å²) in [4.78, 5) is 16.2. The summed E-state index contributed by atoms with van der Waals surface area (Å²) in [6, 6.07) is 0. The number of piperazine rings is 1. The molecule has 1 heterocycles. The molecule has 0 aromatic heterocycles. The van der Waals surface area contributed by atoms with Crippen LogP contribution in [-0.4, -0.2) is 62.0 Å². The van der Waals surface area contributed by atoms with Crippen molar-refractivity contribution < 1.29 is 4.79 Å². The first-order valence-corrected chi connectivity index (χ1v) is 6.76. The van der Waals surface area contributed by atoms with Gasteiger partial charge in [-0.2, -0.15) is 0 Å². The number of carbonyl (C=O) groups excluding carboxylic acids is 1. The molecule has 1 amide bonds. The van der Waals surface area contributed by atoms with Crippen molar-refractivity contribution in [2.75, 3.05) is 46.3 Å². The minimum absolute atomic E-state index is 0.265. The quantitative estimate of drug-likeness (QED) is 0.778. The lowest BCUT2D eigenvalue weighted by Crippen LogP contribution is -2.50. The summed E-state index contributed by atoms with van der Waals surface area (Å²) in [5, 5.41) is 3.33. The molecule has 0 unspecified atom stereocenters. The fourth-order valence-corrected chi connectivity index (χ4v) is 2.60. The summed E-state index contributed by atoms with van der Waals surface area (Å²) in [5.41, 5.74) is 0.461. The third-order valence-corrected chi connectivity index (χ3v) is 4.24. The normalized spacial score (nSPS) is 24.5. The van der Waals surface area contributed by atoms with E-state index >= 15 is 0 Å². The predicted octanol–water partition coefficient (Wildman–Crippen LogP) is 0.540. The maximum atomic E-state index is 11.9. The second-order valence-corrected chi connectivity index (χ2v) is 5.95. The van der Waals surface area contributed by atoms with Crippen molar-refractivity contribution in [2.45, 2.75) is 26.2 Å². The van der Waals surface area contributed by atoms with Crippen LogP contribution in [0.15, 0.2) is 0 Å². The van der Waals surface area contributed by atoms with Gasteiger partial charge in [-0.25, -0.2) is 0 Å². The Hall–Kier alpha value is -0.610. The summed E-state index contributed by atoms with van der Waals surface area (Å²) in [5.74, 6) is 0.265. The number of likely N-dealkylation sites (N-methyl/N-ethyl adjacent to an activating group) is 1. The van der Waals surface area contributed by atoms with Gasteiger partial charge in [0, 0.05) is 32.7 Å². The third-order valence-electron chi connectivity index (χ3n) is 4.24. The second kappa shape index (κ2) is 5.36. The van der Waals surface area contributed by atoms with Gasteiger partial charge in [-0.15, -0.1) is 0 Å². The molecule has 0 atom stereocenters. The van der Waals surface area contributed by atoms with Crippen LogP contribution in [0, 0.1) is 5.41 Å². The van der Waals surface area contributed by atoms with Gasteiger partial charge in [-0.1, -0.05) is 13.3 Å². The fourth-order valence-electron chi connectivity index (χ4n) is 2.60. The highest BCUT2D eigenvalue weighted by Crippen LogP contribution is 2.39. The Morgan fingerprint density at radius 2 is 1.88 bits per heavy atom. The smallest absolute Gasteiger partial charge is 0.236 e. The van der Waals surface area contributed by atoms with E-state index in [9.17, 15) is 4.79 Å². The van der Waals surface area contributed by atoms with Crippen LogP contribution in [0.2, 0.25) is 0 Å². The summed E-state index contributed by atoms with van der Waals surface area (Å²) in [6.07, 6.45) is 3.97. The van der Waals surface area contributed by atoms with E-state index in [0.29, 0.717) is 12.0 Å². The van der Waals surface area contributed by atoms with Crippen LogP contribution in [0.4, 0.5) is 0 Å². The van der Waals surface area contributed by atoms with Crippen molar-refractivity contribution in [1.82, 2.24) is 15.1 Å². The number of hydrogen-bond donors (Lipinski definition) is 1. The van der Waals surface area contributed by atoms with E-state index in [1.807, 2.05) is 4.90 Å².